The molecule has 1 heteroatoms. The largest absolute Gasteiger partial charge is 0.309 e. The Morgan fingerprint density at radius 1 is 0.909 bits per heavy atom. The molecule has 0 N–H and O–H groups in total. The molecule has 0 spiro atoms. The highest BCUT2D eigenvalue weighted by molar-refractivity contribution is 5.38. The first-order valence-electron chi connectivity index (χ1n) is 9.81. The second-order valence-corrected chi connectivity index (χ2v) is 8.20. The standard InChI is InChI=1S/C21H35N/c1-22(2)14-13-19-15-20(17-9-5-3-6-10-17)16-21(19)18-11-7-4-8-12-18/h15-18,21H,3-14H2,1-2H3. The topological polar surface area (TPSA) is 3.24 Å². The summed E-state index contributed by atoms with van der Waals surface area (Å²) in [6, 6.07) is 0. The molecule has 3 rings (SSSR count). The van der Waals surface area contributed by atoms with Crippen molar-refractivity contribution < 1.29 is 0 Å². The minimum Gasteiger partial charge on any atom is -0.309 e. The smallest absolute Gasteiger partial charge is 0.00146 e. The molecule has 0 amide bonds. The van der Waals surface area contributed by atoms with Gasteiger partial charge in [0, 0.05) is 12.5 Å². The van der Waals surface area contributed by atoms with Gasteiger partial charge in [0.1, 0.15) is 0 Å². The van der Waals surface area contributed by atoms with Gasteiger partial charge in [-0.2, -0.15) is 0 Å². The van der Waals surface area contributed by atoms with Gasteiger partial charge in [0.05, 0.1) is 0 Å². The average molecular weight is 302 g/mol. The first kappa shape index (κ1) is 16.3. The van der Waals surface area contributed by atoms with Crippen LogP contribution in [0.1, 0.15) is 70.6 Å². The maximum Gasteiger partial charge on any atom is 0.00146 e. The number of rotatable bonds is 5. The van der Waals surface area contributed by atoms with Crippen molar-refractivity contribution in [1.82, 2.24) is 4.90 Å². The average Bonchev–Trinajstić information content (AvgIpc) is 2.99. The van der Waals surface area contributed by atoms with Crippen molar-refractivity contribution >= 4 is 0 Å². The van der Waals surface area contributed by atoms with Crippen molar-refractivity contribution in [2.45, 2.75) is 70.6 Å². The van der Waals surface area contributed by atoms with E-state index < -0.39 is 0 Å². The molecule has 0 aromatic heterocycles. The molecule has 124 valence electrons. The Morgan fingerprint density at radius 3 is 2.18 bits per heavy atom. The van der Waals surface area contributed by atoms with Gasteiger partial charge < -0.3 is 4.90 Å². The zero-order valence-electron chi connectivity index (χ0n) is 14.8. The second-order valence-electron chi connectivity index (χ2n) is 8.20. The number of allylic oxidation sites excluding steroid dienone is 3. The molecule has 0 heterocycles. The van der Waals surface area contributed by atoms with E-state index in [1.165, 1.54) is 77.2 Å². The summed E-state index contributed by atoms with van der Waals surface area (Å²) in [7, 11) is 4.42. The second kappa shape index (κ2) is 7.81. The maximum atomic E-state index is 2.72. The first-order chi connectivity index (χ1) is 10.7. The van der Waals surface area contributed by atoms with E-state index in [4.69, 9.17) is 0 Å². The summed E-state index contributed by atoms with van der Waals surface area (Å²) in [6.07, 6.45) is 21.2. The van der Waals surface area contributed by atoms with E-state index in [9.17, 15) is 0 Å². The van der Waals surface area contributed by atoms with Gasteiger partial charge in [-0.05, 0) is 63.6 Å². The summed E-state index contributed by atoms with van der Waals surface area (Å²) in [4.78, 5) is 2.34. The van der Waals surface area contributed by atoms with Crippen molar-refractivity contribution in [3.63, 3.8) is 0 Å². The first-order valence-corrected chi connectivity index (χ1v) is 9.81. The molecule has 3 aliphatic rings. The lowest BCUT2D eigenvalue weighted by atomic mass is 9.77. The van der Waals surface area contributed by atoms with E-state index in [0.29, 0.717) is 0 Å². The molecule has 0 aliphatic heterocycles. The summed E-state index contributed by atoms with van der Waals surface area (Å²) >= 11 is 0. The molecule has 1 unspecified atom stereocenters. The van der Waals surface area contributed by atoms with Crippen LogP contribution < -0.4 is 0 Å². The normalized spacial score (nSPS) is 28.0. The third-order valence-corrected chi connectivity index (χ3v) is 6.23. The van der Waals surface area contributed by atoms with E-state index in [2.05, 4.69) is 31.1 Å². The molecular formula is C21H35N. The summed E-state index contributed by atoms with van der Waals surface area (Å²) in [5.41, 5.74) is 3.49. The highest BCUT2D eigenvalue weighted by Gasteiger charge is 2.30. The van der Waals surface area contributed by atoms with Crippen LogP contribution in [-0.2, 0) is 0 Å². The minimum atomic E-state index is 0.789. The van der Waals surface area contributed by atoms with Crippen LogP contribution in [-0.4, -0.2) is 25.5 Å². The van der Waals surface area contributed by atoms with Crippen LogP contribution in [0.25, 0.3) is 0 Å². The lowest BCUT2D eigenvalue weighted by molar-refractivity contribution is 0.303. The monoisotopic (exact) mass is 301 g/mol. The molecule has 2 fully saturated rings. The van der Waals surface area contributed by atoms with Gasteiger partial charge in [0.15, 0.2) is 0 Å². The molecule has 0 aromatic rings. The van der Waals surface area contributed by atoms with Crippen LogP contribution in [0.2, 0.25) is 0 Å². The van der Waals surface area contributed by atoms with Crippen molar-refractivity contribution in [2.75, 3.05) is 20.6 Å². The lowest BCUT2D eigenvalue weighted by Crippen LogP contribution is -2.20. The Kier molecular flexibility index (Phi) is 5.79. The lowest BCUT2D eigenvalue weighted by Gasteiger charge is -2.29. The maximum absolute atomic E-state index is 2.72. The van der Waals surface area contributed by atoms with Crippen LogP contribution in [0.3, 0.4) is 0 Å². The fourth-order valence-corrected chi connectivity index (χ4v) is 4.89. The van der Waals surface area contributed by atoms with E-state index in [0.717, 1.165) is 17.8 Å². The molecule has 0 bridgehead atoms. The van der Waals surface area contributed by atoms with Crippen LogP contribution >= 0.6 is 0 Å². The quantitative estimate of drug-likeness (QED) is 0.640. The summed E-state index contributed by atoms with van der Waals surface area (Å²) in [5.74, 6) is 2.62. The zero-order valence-corrected chi connectivity index (χ0v) is 14.8. The van der Waals surface area contributed by atoms with E-state index in [-0.39, 0.29) is 0 Å². The van der Waals surface area contributed by atoms with Gasteiger partial charge in [-0.25, -0.2) is 0 Å². The van der Waals surface area contributed by atoms with Gasteiger partial charge in [0.2, 0.25) is 0 Å². The van der Waals surface area contributed by atoms with E-state index in [1.54, 1.807) is 11.1 Å². The number of nitrogens with zero attached hydrogens (tertiary/aromatic N) is 1. The van der Waals surface area contributed by atoms with Crippen LogP contribution in [0.5, 0.6) is 0 Å². The highest BCUT2D eigenvalue weighted by atomic mass is 15.0. The molecule has 3 aliphatic carbocycles. The van der Waals surface area contributed by atoms with Crippen molar-refractivity contribution in [1.29, 1.82) is 0 Å². The van der Waals surface area contributed by atoms with Crippen LogP contribution in [0, 0.1) is 17.8 Å². The van der Waals surface area contributed by atoms with E-state index >= 15 is 0 Å². The highest BCUT2D eigenvalue weighted by Crippen LogP contribution is 2.43. The fraction of sp³-hybridized carbons (Fsp3) is 0.810. The predicted molar refractivity (Wildman–Crippen MR) is 96.0 cm³/mol. The summed E-state index contributed by atoms with van der Waals surface area (Å²) < 4.78 is 0. The Bertz CT molecular complexity index is 406. The van der Waals surface area contributed by atoms with Crippen LogP contribution in [0.15, 0.2) is 23.3 Å². The molecule has 0 aromatic carbocycles. The Labute approximate surface area is 137 Å². The Morgan fingerprint density at radius 2 is 1.55 bits per heavy atom. The van der Waals surface area contributed by atoms with Crippen LogP contribution in [0.4, 0.5) is 0 Å². The van der Waals surface area contributed by atoms with Crippen molar-refractivity contribution in [3.05, 3.63) is 23.3 Å². The summed E-state index contributed by atoms with van der Waals surface area (Å²) in [6.45, 7) is 1.21. The zero-order chi connectivity index (χ0) is 15.4. The predicted octanol–water partition coefficient (Wildman–Crippen LogP) is 5.58. The molecule has 0 radical (unpaired) electrons. The number of hydrogen-bond donors (Lipinski definition) is 0. The SMILES string of the molecule is CN(C)CCC1=CC(C2CCCCC2)=CC1C1CCCCC1. The molecular weight excluding hydrogens is 266 g/mol. The molecule has 1 nitrogen and oxygen atoms in total. The van der Waals surface area contributed by atoms with Gasteiger partial charge in [-0.1, -0.05) is 56.3 Å². The molecule has 22 heavy (non-hydrogen) atoms. The minimum absolute atomic E-state index is 0.789. The summed E-state index contributed by atoms with van der Waals surface area (Å²) in [5, 5.41) is 0. The van der Waals surface area contributed by atoms with Gasteiger partial charge >= 0.3 is 0 Å². The van der Waals surface area contributed by atoms with Gasteiger partial charge in [-0.15, -0.1) is 0 Å². The Hall–Kier alpha value is -0.560. The van der Waals surface area contributed by atoms with Gasteiger partial charge in [0.25, 0.3) is 0 Å². The molecule has 0 saturated heterocycles. The van der Waals surface area contributed by atoms with E-state index in [1.807, 2.05) is 0 Å². The molecule has 2 saturated carbocycles. The fourth-order valence-electron chi connectivity index (χ4n) is 4.89. The van der Waals surface area contributed by atoms with Crippen molar-refractivity contribution in [2.24, 2.45) is 17.8 Å². The third-order valence-electron chi connectivity index (χ3n) is 6.23. The van der Waals surface area contributed by atoms with Crippen molar-refractivity contribution in [3.8, 4) is 0 Å². The number of hydrogen-bond acceptors (Lipinski definition) is 1. The molecule has 1 atom stereocenters. The third kappa shape index (κ3) is 4.04. The van der Waals surface area contributed by atoms with Gasteiger partial charge in [-0.3, -0.25) is 0 Å². The Balaban J connectivity index is 1.71.